The number of nitrogens with zero attached hydrogens (tertiary/aromatic N) is 4. The van der Waals surface area contributed by atoms with Gasteiger partial charge >= 0.3 is 0 Å². The van der Waals surface area contributed by atoms with Gasteiger partial charge in [-0.3, -0.25) is 15.1 Å². The third-order valence-electron chi connectivity index (χ3n) is 3.04. The summed E-state index contributed by atoms with van der Waals surface area (Å²) in [7, 11) is 0. The molecule has 0 unspecified atom stereocenters. The minimum absolute atomic E-state index is 0.739. The second-order valence-electron chi connectivity index (χ2n) is 4.36. The lowest BCUT2D eigenvalue weighted by atomic mass is 10.2. The Morgan fingerprint density at radius 3 is 2.85 bits per heavy atom. The highest BCUT2D eigenvalue weighted by Gasteiger charge is 2.10. The van der Waals surface area contributed by atoms with Crippen molar-refractivity contribution < 1.29 is 0 Å². The van der Waals surface area contributed by atoms with Crippen molar-refractivity contribution >= 4 is 11.0 Å². The molecule has 20 heavy (non-hydrogen) atoms. The molecule has 0 aliphatic rings. The molecule has 0 aromatic carbocycles. The third-order valence-corrected chi connectivity index (χ3v) is 3.04. The Morgan fingerprint density at radius 1 is 1.00 bits per heavy atom. The van der Waals surface area contributed by atoms with Crippen molar-refractivity contribution in [3.05, 3.63) is 48.9 Å². The number of aromatic nitrogens is 6. The lowest BCUT2D eigenvalue weighted by molar-refractivity contribution is 1.08. The molecule has 4 aromatic heterocycles. The molecule has 0 aliphatic heterocycles. The van der Waals surface area contributed by atoms with E-state index in [0.29, 0.717) is 0 Å². The summed E-state index contributed by atoms with van der Waals surface area (Å²) in [6, 6.07) is 9.52. The normalized spacial score (nSPS) is 11.0. The van der Waals surface area contributed by atoms with E-state index in [1.807, 2.05) is 30.3 Å². The first-order valence-electron chi connectivity index (χ1n) is 6.17. The van der Waals surface area contributed by atoms with Crippen LogP contribution in [0.2, 0.25) is 0 Å². The lowest BCUT2D eigenvalue weighted by Crippen LogP contribution is -1.80. The Hall–Kier alpha value is -3.02. The van der Waals surface area contributed by atoms with E-state index in [1.54, 1.807) is 18.6 Å². The van der Waals surface area contributed by atoms with Gasteiger partial charge in [0.25, 0.3) is 0 Å². The zero-order valence-electron chi connectivity index (χ0n) is 10.4. The highest BCUT2D eigenvalue weighted by molar-refractivity contribution is 5.78. The Bertz CT molecular complexity index is 828. The van der Waals surface area contributed by atoms with Crippen LogP contribution in [-0.4, -0.2) is 30.1 Å². The Morgan fingerprint density at radius 2 is 2.00 bits per heavy atom. The van der Waals surface area contributed by atoms with Crippen LogP contribution in [0.4, 0.5) is 0 Å². The molecule has 6 nitrogen and oxygen atoms in total. The molecule has 2 N–H and O–H groups in total. The summed E-state index contributed by atoms with van der Waals surface area (Å²) in [4.78, 5) is 16.1. The van der Waals surface area contributed by atoms with Gasteiger partial charge in [-0.15, -0.1) is 0 Å². The van der Waals surface area contributed by atoms with Crippen molar-refractivity contribution in [2.45, 2.75) is 0 Å². The van der Waals surface area contributed by atoms with E-state index in [4.69, 9.17) is 0 Å². The van der Waals surface area contributed by atoms with E-state index in [0.717, 1.165) is 33.9 Å². The van der Waals surface area contributed by atoms with Crippen LogP contribution >= 0.6 is 0 Å². The SMILES string of the molecule is c1ccc(-c2cc(-c3nc4ccncc4[nH]3)[nH]n2)nc1. The first kappa shape index (κ1) is 10.9. The van der Waals surface area contributed by atoms with E-state index in [9.17, 15) is 0 Å². The number of hydrogen-bond acceptors (Lipinski definition) is 4. The molecule has 0 atom stereocenters. The number of imidazole rings is 1. The third kappa shape index (κ3) is 1.74. The molecule has 0 saturated carbocycles. The molecule has 0 saturated heterocycles. The molecular formula is C14H10N6. The average Bonchev–Trinajstić information content (AvgIpc) is 3.14. The van der Waals surface area contributed by atoms with Crippen molar-refractivity contribution in [1.29, 1.82) is 0 Å². The van der Waals surface area contributed by atoms with E-state index < -0.39 is 0 Å². The fourth-order valence-corrected chi connectivity index (χ4v) is 2.07. The molecule has 0 bridgehead atoms. The first-order valence-corrected chi connectivity index (χ1v) is 6.17. The number of nitrogens with one attached hydrogen (secondary N) is 2. The van der Waals surface area contributed by atoms with Crippen LogP contribution in [0.5, 0.6) is 0 Å². The van der Waals surface area contributed by atoms with Crippen molar-refractivity contribution in [2.75, 3.05) is 0 Å². The second kappa shape index (κ2) is 4.27. The quantitative estimate of drug-likeness (QED) is 0.581. The Kier molecular flexibility index (Phi) is 2.32. The van der Waals surface area contributed by atoms with Crippen LogP contribution in [0.3, 0.4) is 0 Å². The molecule has 4 heterocycles. The standard InChI is InChI=1S/C14H10N6/c1-2-5-16-9(3-1)11-7-12(20-19-11)14-17-10-4-6-15-8-13(10)18-14/h1-8H,(H,17,18)(H,19,20). The summed E-state index contributed by atoms with van der Waals surface area (Å²) < 4.78 is 0. The topological polar surface area (TPSA) is 83.1 Å². The molecule has 0 aliphatic carbocycles. The van der Waals surface area contributed by atoms with Crippen LogP contribution in [0, 0.1) is 0 Å². The van der Waals surface area contributed by atoms with Crippen molar-refractivity contribution in [2.24, 2.45) is 0 Å². The van der Waals surface area contributed by atoms with Crippen LogP contribution < -0.4 is 0 Å². The largest absolute Gasteiger partial charge is 0.335 e. The maximum Gasteiger partial charge on any atom is 0.156 e. The second-order valence-corrected chi connectivity index (χ2v) is 4.36. The van der Waals surface area contributed by atoms with Gasteiger partial charge in [0.1, 0.15) is 11.4 Å². The number of pyridine rings is 2. The zero-order chi connectivity index (χ0) is 13.4. The smallest absolute Gasteiger partial charge is 0.156 e. The van der Waals surface area contributed by atoms with Crippen molar-refractivity contribution in [3.63, 3.8) is 0 Å². The molecule has 0 fully saturated rings. The van der Waals surface area contributed by atoms with Gasteiger partial charge in [-0.2, -0.15) is 5.10 Å². The van der Waals surface area contributed by atoms with Gasteiger partial charge in [0.05, 0.1) is 22.9 Å². The number of rotatable bonds is 2. The summed E-state index contributed by atoms with van der Waals surface area (Å²) in [6.45, 7) is 0. The molecule has 0 spiro atoms. The Labute approximate surface area is 113 Å². The average molecular weight is 262 g/mol. The summed E-state index contributed by atoms with van der Waals surface area (Å²) in [6.07, 6.45) is 5.22. The monoisotopic (exact) mass is 262 g/mol. The van der Waals surface area contributed by atoms with Crippen LogP contribution in [0.1, 0.15) is 0 Å². The number of hydrogen-bond donors (Lipinski definition) is 2. The summed E-state index contributed by atoms with van der Waals surface area (Å²) >= 11 is 0. The lowest BCUT2D eigenvalue weighted by Gasteiger charge is -1.91. The van der Waals surface area contributed by atoms with Gasteiger partial charge in [-0.1, -0.05) is 6.07 Å². The van der Waals surface area contributed by atoms with Gasteiger partial charge < -0.3 is 4.98 Å². The maximum atomic E-state index is 4.50. The maximum absolute atomic E-state index is 4.50. The fraction of sp³-hybridized carbons (Fsp3) is 0. The predicted octanol–water partition coefficient (Wildman–Crippen LogP) is 2.41. The first-order chi connectivity index (χ1) is 9.90. The molecule has 4 aromatic rings. The number of aromatic amines is 2. The predicted molar refractivity (Wildman–Crippen MR) is 74.7 cm³/mol. The molecular weight excluding hydrogens is 252 g/mol. The van der Waals surface area contributed by atoms with E-state index in [2.05, 4.69) is 30.1 Å². The summed E-state index contributed by atoms with van der Waals surface area (Å²) in [5, 5.41) is 7.25. The van der Waals surface area contributed by atoms with Crippen LogP contribution in [-0.2, 0) is 0 Å². The van der Waals surface area contributed by atoms with E-state index in [-0.39, 0.29) is 0 Å². The molecule has 6 heteroatoms. The number of H-pyrrole nitrogens is 2. The van der Waals surface area contributed by atoms with Gasteiger partial charge in [-0.25, -0.2) is 4.98 Å². The van der Waals surface area contributed by atoms with Gasteiger partial charge in [0.2, 0.25) is 0 Å². The zero-order valence-corrected chi connectivity index (χ0v) is 10.4. The highest BCUT2D eigenvalue weighted by Crippen LogP contribution is 2.22. The van der Waals surface area contributed by atoms with E-state index in [1.165, 1.54) is 0 Å². The van der Waals surface area contributed by atoms with Crippen molar-refractivity contribution in [1.82, 2.24) is 30.1 Å². The summed E-state index contributed by atoms with van der Waals surface area (Å²) in [5.74, 6) is 0.739. The van der Waals surface area contributed by atoms with Gasteiger partial charge in [0, 0.05) is 12.4 Å². The van der Waals surface area contributed by atoms with Gasteiger partial charge in [0.15, 0.2) is 5.82 Å². The van der Waals surface area contributed by atoms with Crippen LogP contribution in [0.15, 0.2) is 48.9 Å². The summed E-state index contributed by atoms with van der Waals surface area (Å²) in [5.41, 5.74) is 4.22. The minimum atomic E-state index is 0.739. The molecule has 4 rings (SSSR count). The number of fused-ring (bicyclic) bond motifs is 1. The Balaban J connectivity index is 1.78. The van der Waals surface area contributed by atoms with Crippen LogP contribution in [0.25, 0.3) is 33.9 Å². The fourth-order valence-electron chi connectivity index (χ4n) is 2.07. The molecule has 0 radical (unpaired) electrons. The molecule has 96 valence electrons. The van der Waals surface area contributed by atoms with E-state index >= 15 is 0 Å². The minimum Gasteiger partial charge on any atom is -0.335 e. The van der Waals surface area contributed by atoms with Crippen molar-refractivity contribution in [3.8, 4) is 22.9 Å². The molecule has 0 amide bonds. The van der Waals surface area contributed by atoms with Gasteiger partial charge in [-0.05, 0) is 24.3 Å². The highest BCUT2D eigenvalue weighted by atomic mass is 15.1.